The molecule has 2 aromatic rings. The monoisotopic (exact) mass is 325 g/mol. The topological polar surface area (TPSA) is 105 Å². The summed E-state index contributed by atoms with van der Waals surface area (Å²) in [5.41, 5.74) is -0.00940. The van der Waals surface area contributed by atoms with Crippen LogP contribution in [0.4, 0.5) is 5.82 Å². The largest absolute Gasteiger partial charge is 0.309 e. The van der Waals surface area contributed by atoms with Gasteiger partial charge in [0, 0.05) is 12.3 Å². The zero-order valence-corrected chi connectivity index (χ0v) is 13.7. The van der Waals surface area contributed by atoms with E-state index in [0.29, 0.717) is 11.5 Å². The molecular formula is C13H19N5O3S. The lowest BCUT2D eigenvalue weighted by Crippen LogP contribution is -2.51. The number of fused-ring (bicyclic) bond motifs is 1. The molecule has 0 aliphatic rings. The highest BCUT2D eigenvalue weighted by atomic mass is 32.2. The molecule has 0 spiro atoms. The van der Waals surface area contributed by atoms with Gasteiger partial charge < -0.3 is 5.32 Å². The maximum Gasteiger partial charge on any atom is 0.244 e. The van der Waals surface area contributed by atoms with Crippen molar-refractivity contribution in [2.75, 3.05) is 11.6 Å². The van der Waals surface area contributed by atoms with Crippen molar-refractivity contribution in [1.82, 2.24) is 19.3 Å². The summed E-state index contributed by atoms with van der Waals surface area (Å²) < 4.78 is 26.8. The molecule has 2 rings (SSSR count). The van der Waals surface area contributed by atoms with Crippen LogP contribution in [0, 0.1) is 5.41 Å². The lowest BCUT2D eigenvalue weighted by molar-refractivity contribution is -0.119. The summed E-state index contributed by atoms with van der Waals surface area (Å²) in [5, 5.41) is 6.76. The maximum absolute atomic E-state index is 12.5. The molecule has 22 heavy (non-hydrogen) atoms. The Morgan fingerprint density at radius 3 is 2.55 bits per heavy atom. The lowest BCUT2D eigenvalue weighted by Gasteiger charge is -2.29. The minimum Gasteiger partial charge on any atom is -0.309 e. The van der Waals surface area contributed by atoms with Gasteiger partial charge in [0.15, 0.2) is 5.65 Å². The van der Waals surface area contributed by atoms with E-state index in [-0.39, 0.29) is 0 Å². The predicted molar refractivity (Wildman–Crippen MR) is 82.8 cm³/mol. The van der Waals surface area contributed by atoms with Crippen LogP contribution in [0.5, 0.6) is 0 Å². The molecule has 0 aliphatic carbocycles. The summed E-state index contributed by atoms with van der Waals surface area (Å²) >= 11 is 0. The fraction of sp³-hybridized carbons (Fsp3) is 0.462. The number of rotatable bonds is 4. The molecule has 0 aromatic carbocycles. The average molecular weight is 325 g/mol. The number of hydrogen-bond acceptors (Lipinski definition) is 5. The van der Waals surface area contributed by atoms with Gasteiger partial charge in [-0.15, -0.1) is 0 Å². The summed E-state index contributed by atoms with van der Waals surface area (Å²) in [4.78, 5) is 16.6. The highest BCUT2D eigenvalue weighted by Gasteiger charge is 2.34. The predicted octanol–water partition coefficient (Wildman–Crippen LogP) is 0.632. The van der Waals surface area contributed by atoms with Gasteiger partial charge in [0.2, 0.25) is 15.9 Å². The van der Waals surface area contributed by atoms with Crippen LogP contribution >= 0.6 is 0 Å². The molecule has 0 saturated carbocycles. The number of carbonyl (C=O) groups is 1. The molecule has 0 saturated heterocycles. The Kier molecular flexibility index (Phi) is 4.21. The molecule has 0 fully saturated rings. The number of amides is 1. The van der Waals surface area contributed by atoms with Gasteiger partial charge in [-0.05, 0) is 11.5 Å². The summed E-state index contributed by atoms with van der Waals surface area (Å²) in [7, 11) is -3.52. The van der Waals surface area contributed by atoms with E-state index in [1.54, 1.807) is 45.3 Å². The van der Waals surface area contributed by atoms with Gasteiger partial charge >= 0.3 is 0 Å². The van der Waals surface area contributed by atoms with Gasteiger partial charge in [0.1, 0.15) is 11.9 Å². The Bertz CT molecular complexity index is 791. The lowest BCUT2D eigenvalue weighted by atomic mass is 9.87. The molecule has 2 heterocycles. The van der Waals surface area contributed by atoms with Gasteiger partial charge in [0.25, 0.3) is 0 Å². The summed E-state index contributed by atoms with van der Waals surface area (Å²) in [5.74, 6) is -0.0366. The molecule has 8 nitrogen and oxygen atoms in total. The average Bonchev–Trinajstić information content (AvgIpc) is 2.83. The fourth-order valence-corrected chi connectivity index (χ4v) is 2.85. The highest BCUT2D eigenvalue weighted by molar-refractivity contribution is 7.88. The van der Waals surface area contributed by atoms with Crippen molar-refractivity contribution < 1.29 is 13.2 Å². The second-order valence-corrected chi connectivity index (χ2v) is 7.89. The van der Waals surface area contributed by atoms with Crippen molar-refractivity contribution in [3.8, 4) is 0 Å². The third-order valence-corrected chi connectivity index (χ3v) is 3.67. The van der Waals surface area contributed by atoms with Gasteiger partial charge in [0.05, 0.1) is 12.5 Å². The van der Waals surface area contributed by atoms with Crippen LogP contribution < -0.4 is 10.0 Å². The highest BCUT2D eigenvalue weighted by Crippen LogP contribution is 2.21. The molecule has 0 radical (unpaired) electrons. The van der Waals surface area contributed by atoms with Crippen molar-refractivity contribution >= 4 is 27.4 Å². The van der Waals surface area contributed by atoms with Crippen LogP contribution in [0.2, 0.25) is 0 Å². The second kappa shape index (κ2) is 5.65. The zero-order chi connectivity index (χ0) is 16.5. The molecule has 2 aromatic heterocycles. The number of nitrogens with zero attached hydrogens (tertiary/aromatic N) is 3. The van der Waals surface area contributed by atoms with E-state index in [1.807, 2.05) is 0 Å². The first-order chi connectivity index (χ1) is 10.1. The first-order valence-corrected chi connectivity index (χ1v) is 8.54. The Hall–Kier alpha value is -2.00. The molecule has 0 bridgehead atoms. The second-order valence-electron chi connectivity index (χ2n) is 6.11. The van der Waals surface area contributed by atoms with Crippen LogP contribution in [-0.2, 0) is 14.8 Å². The van der Waals surface area contributed by atoms with E-state index in [0.717, 1.165) is 6.26 Å². The number of sulfonamides is 1. The third-order valence-electron chi connectivity index (χ3n) is 3.00. The molecule has 0 aliphatic heterocycles. The van der Waals surface area contributed by atoms with E-state index in [9.17, 15) is 13.2 Å². The van der Waals surface area contributed by atoms with Crippen molar-refractivity contribution in [2.24, 2.45) is 5.41 Å². The molecule has 9 heteroatoms. The van der Waals surface area contributed by atoms with E-state index in [1.165, 1.54) is 4.52 Å². The van der Waals surface area contributed by atoms with Crippen molar-refractivity contribution in [3.63, 3.8) is 0 Å². The van der Waals surface area contributed by atoms with Crippen LogP contribution in [0.3, 0.4) is 0 Å². The summed E-state index contributed by atoms with van der Waals surface area (Å²) in [6, 6.07) is 2.38. The van der Waals surface area contributed by atoms with E-state index in [4.69, 9.17) is 0 Å². The van der Waals surface area contributed by atoms with Gasteiger partial charge in [-0.2, -0.15) is 9.61 Å². The quantitative estimate of drug-likeness (QED) is 0.858. The summed E-state index contributed by atoms with van der Waals surface area (Å²) in [6.07, 6.45) is 4.13. The van der Waals surface area contributed by atoms with E-state index in [2.05, 4.69) is 20.1 Å². The van der Waals surface area contributed by atoms with Crippen LogP contribution in [0.1, 0.15) is 20.8 Å². The van der Waals surface area contributed by atoms with Crippen LogP contribution in [-0.4, -0.2) is 41.2 Å². The number of nitrogens with one attached hydrogen (secondary N) is 2. The minimum atomic E-state index is -3.52. The number of anilines is 1. The van der Waals surface area contributed by atoms with Gasteiger partial charge in [-0.25, -0.2) is 18.1 Å². The molecular weight excluding hydrogens is 306 g/mol. The molecule has 1 unspecified atom stereocenters. The van der Waals surface area contributed by atoms with E-state index >= 15 is 0 Å². The SMILES string of the molecule is CC(C)(C)C(NS(C)(=O)=O)C(=O)Nc1ccnc2ccnn12. The zero-order valence-electron chi connectivity index (χ0n) is 12.9. The smallest absolute Gasteiger partial charge is 0.244 e. The Balaban J connectivity index is 2.30. The number of carbonyl (C=O) groups excluding carboxylic acids is 1. The number of aromatic nitrogens is 3. The summed E-state index contributed by atoms with van der Waals surface area (Å²) in [6.45, 7) is 5.35. The van der Waals surface area contributed by atoms with Gasteiger partial charge in [-0.1, -0.05) is 20.8 Å². The third kappa shape index (κ3) is 3.80. The fourth-order valence-electron chi connectivity index (χ4n) is 1.97. The molecule has 2 N–H and O–H groups in total. The van der Waals surface area contributed by atoms with Crippen molar-refractivity contribution in [3.05, 3.63) is 24.5 Å². The first kappa shape index (κ1) is 16.4. The minimum absolute atomic E-state index is 0.421. The normalized spacial score (nSPS) is 14.0. The van der Waals surface area contributed by atoms with Crippen molar-refractivity contribution in [2.45, 2.75) is 26.8 Å². The first-order valence-electron chi connectivity index (χ1n) is 6.65. The van der Waals surface area contributed by atoms with Crippen LogP contribution in [0.15, 0.2) is 24.5 Å². The van der Waals surface area contributed by atoms with Crippen LogP contribution in [0.25, 0.3) is 5.65 Å². The Morgan fingerprint density at radius 2 is 1.95 bits per heavy atom. The Morgan fingerprint density at radius 1 is 1.27 bits per heavy atom. The standard InChI is InChI=1S/C13H19N5O3S/c1-13(2,3)11(17-22(4,20)21)12(19)16-10-5-7-14-9-6-8-15-18(9)10/h5-8,11,17H,1-4H3,(H,16,19). The molecule has 120 valence electrons. The van der Waals surface area contributed by atoms with Crippen molar-refractivity contribution in [1.29, 1.82) is 0 Å². The molecule has 1 amide bonds. The maximum atomic E-state index is 12.5. The number of hydrogen-bond donors (Lipinski definition) is 2. The Labute approximate surface area is 129 Å². The van der Waals surface area contributed by atoms with Gasteiger partial charge in [-0.3, -0.25) is 4.79 Å². The molecule has 1 atom stereocenters. The van der Waals surface area contributed by atoms with E-state index < -0.39 is 27.4 Å².